The number of halogens is 1. The molecule has 1 aromatic heterocycles. The van der Waals surface area contributed by atoms with Crippen molar-refractivity contribution < 1.29 is 33.4 Å². The van der Waals surface area contributed by atoms with Crippen LogP contribution in [-0.2, 0) is 19.8 Å². The standard InChI is InChI=1S/C17H24FN3O6/c1-16(2,3)21-11(20(14(23)24)15(25)27-17(4,5)6)7-9(19-21)13-12(18)10(22)8-26-13/h7,12-13H,8H2,1-6H3,(H,23,24)/t12-,13+/m0/s1. The Morgan fingerprint density at radius 3 is 2.33 bits per heavy atom. The third kappa shape index (κ3) is 4.44. The average molecular weight is 385 g/mol. The number of Topliss-reactive ketones (excluding diaryl/α,β-unsaturated/α-hetero) is 1. The van der Waals surface area contributed by atoms with Crippen molar-refractivity contribution in [2.45, 2.75) is 65.0 Å². The quantitative estimate of drug-likeness (QED) is 0.833. The number of aromatic nitrogens is 2. The van der Waals surface area contributed by atoms with Gasteiger partial charge in [0.2, 0.25) is 0 Å². The number of carbonyl (C=O) groups is 3. The first-order valence-corrected chi connectivity index (χ1v) is 8.37. The zero-order valence-corrected chi connectivity index (χ0v) is 16.1. The first-order chi connectivity index (χ1) is 12.2. The molecule has 1 fully saturated rings. The van der Waals surface area contributed by atoms with Crippen molar-refractivity contribution in [2.24, 2.45) is 0 Å². The maximum Gasteiger partial charge on any atom is 0.425 e. The number of carbonyl (C=O) groups excluding carboxylic acids is 2. The Labute approximate surface area is 156 Å². The molecule has 0 spiro atoms. The second-order valence-corrected chi connectivity index (χ2v) is 8.21. The number of anilines is 1. The van der Waals surface area contributed by atoms with E-state index in [-0.39, 0.29) is 11.5 Å². The number of imide groups is 1. The predicted octanol–water partition coefficient (Wildman–Crippen LogP) is 3.04. The molecule has 0 radical (unpaired) electrons. The normalized spacial score (nSPS) is 20.6. The molecule has 2 heterocycles. The van der Waals surface area contributed by atoms with Gasteiger partial charge in [0.15, 0.2) is 12.0 Å². The molecule has 1 aromatic rings. The highest BCUT2D eigenvalue weighted by Crippen LogP contribution is 2.34. The number of rotatable bonds is 2. The Balaban J connectivity index is 2.53. The smallest absolute Gasteiger partial charge is 0.425 e. The van der Waals surface area contributed by atoms with E-state index in [1.807, 2.05) is 0 Å². The molecular formula is C17H24FN3O6. The van der Waals surface area contributed by atoms with Crippen molar-refractivity contribution in [2.75, 3.05) is 11.5 Å². The first kappa shape index (κ1) is 20.8. The van der Waals surface area contributed by atoms with Crippen LogP contribution in [0.3, 0.4) is 0 Å². The average Bonchev–Trinajstić information content (AvgIpc) is 3.01. The minimum atomic E-state index is -1.90. The van der Waals surface area contributed by atoms with Gasteiger partial charge in [-0.3, -0.25) is 4.79 Å². The van der Waals surface area contributed by atoms with Crippen molar-refractivity contribution in [3.63, 3.8) is 0 Å². The van der Waals surface area contributed by atoms with Gasteiger partial charge in [-0.15, -0.1) is 0 Å². The highest BCUT2D eigenvalue weighted by Gasteiger charge is 2.41. The van der Waals surface area contributed by atoms with Crippen molar-refractivity contribution in [3.8, 4) is 0 Å². The van der Waals surface area contributed by atoms with E-state index < -0.39 is 48.0 Å². The molecule has 0 saturated carbocycles. The lowest BCUT2D eigenvalue weighted by Gasteiger charge is -2.28. The van der Waals surface area contributed by atoms with E-state index in [4.69, 9.17) is 9.47 Å². The molecule has 27 heavy (non-hydrogen) atoms. The van der Waals surface area contributed by atoms with E-state index in [1.165, 1.54) is 10.7 Å². The fourth-order valence-corrected chi connectivity index (χ4v) is 2.50. The van der Waals surface area contributed by atoms with E-state index in [0.717, 1.165) is 0 Å². The number of ether oxygens (including phenoxy) is 2. The molecule has 9 nitrogen and oxygen atoms in total. The summed E-state index contributed by atoms with van der Waals surface area (Å²) in [6.45, 7) is 9.61. The second kappa shape index (κ2) is 6.91. The molecular weight excluding hydrogens is 361 g/mol. The largest absolute Gasteiger partial charge is 0.464 e. The van der Waals surface area contributed by atoms with Crippen LogP contribution in [0.15, 0.2) is 6.07 Å². The Hall–Kier alpha value is -2.49. The Kier molecular flexibility index (Phi) is 5.33. The molecule has 0 unspecified atom stereocenters. The number of hydrogen-bond donors (Lipinski definition) is 1. The van der Waals surface area contributed by atoms with Gasteiger partial charge in [-0.1, -0.05) is 0 Å². The monoisotopic (exact) mass is 385 g/mol. The van der Waals surface area contributed by atoms with Gasteiger partial charge in [0.05, 0.1) is 11.2 Å². The maximum absolute atomic E-state index is 14.1. The van der Waals surface area contributed by atoms with Gasteiger partial charge in [0.1, 0.15) is 24.1 Å². The van der Waals surface area contributed by atoms with E-state index >= 15 is 0 Å². The zero-order chi connectivity index (χ0) is 20.7. The Morgan fingerprint density at radius 2 is 1.93 bits per heavy atom. The van der Waals surface area contributed by atoms with Gasteiger partial charge >= 0.3 is 12.2 Å². The molecule has 150 valence electrons. The van der Waals surface area contributed by atoms with Gasteiger partial charge in [-0.2, -0.15) is 10.00 Å². The minimum Gasteiger partial charge on any atom is -0.464 e. The fraction of sp³-hybridized carbons (Fsp3) is 0.647. The molecule has 2 amide bonds. The Bertz CT molecular complexity index is 762. The highest BCUT2D eigenvalue weighted by atomic mass is 19.1. The van der Waals surface area contributed by atoms with Crippen LogP contribution in [0, 0.1) is 0 Å². The van der Waals surface area contributed by atoms with Crippen LogP contribution in [0.25, 0.3) is 0 Å². The second-order valence-electron chi connectivity index (χ2n) is 8.21. The van der Waals surface area contributed by atoms with Crippen LogP contribution >= 0.6 is 0 Å². The summed E-state index contributed by atoms with van der Waals surface area (Å²) in [6.07, 6.45) is -5.86. The highest BCUT2D eigenvalue weighted by molar-refractivity contribution is 6.08. The molecule has 1 aliphatic heterocycles. The van der Waals surface area contributed by atoms with Gasteiger partial charge < -0.3 is 14.6 Å². The van der Waals surface area contributed by atoms with E-state index in [2.05, 4.69) is 5.10 Å². The molecule has 0 bridgehead atoms. The lowest BCUT2D eigenvalue weighted by Crippen LogP contribution is -2.42. The molecule has 2 rings (SSSR count). The summed E-state index contributed by atoms with van der Waals surface area (Å²) in [5, 5.41) is 13.8. The van der Waals surface area contributed by atoms with Crippen LogP contribution in [0.1, 0.15) is 53.3 Å². The topological polar surface area (TPSA) is 111 Å². The maximum atomic E-state index is 14.1. The van der Waals surface area contributed by atoms with E-state index in [1.54, 1.807) is 41.5 Å². The van der Waals surface area contributed by atoms with E-state index in [9.17, 15) is 23.9 Å². The van der Waals surface area contributed by atoms with Gasteiger partial charge in [0, 0.05) is 6.07 Å². The van der Waals surface area contributed by atoms with Gasteiger partial charge in [0.25, 0.3) is 0 Å². The third-order valence-electron chi connectivity index (χ3n) is 3.61. The molecule has 1 aliphatic rings. The van der Waals surface area contributed by atoms with Crippen molar-refractivity contribution in [1.82, 2.24) is 9.78 Å². The van der Waals surface area contributed by atoms with E-state index in [0.29, 0.717) is 4.90 Å². The summed E-state index contributed by atoms with van der Waals surface area (Å²) in [4.78, 5) is 36.1. The van der Waals surface area contributed by atoms with Gasteiger partial charge in [-0.25, -0.2) is 18.7 Å². The number of ketones is 1. The molecule has 2 atom stereocenters. The third-order valence-corrected chi connectivity index (χ3v) is 3.61. The minimum absolute atomic E-state index is 0.0214. The summed E-state index contributed by atoms with van der Waals surface area (Å²) >= 11 is 0. The number of hydrogen-bond acceptors (Lipinski definition) is 6. The first-order valence-electron chi connectivity index (χ1n) is 8.37. The van der Waals surface area contributed by atoms with Crippen LogP contribution in [0.2, 0.25) is 0 Å². The SMILES string of the molecule is CC(C)(C)OC(=O)N(C(=O)O)c1cc([C@H]2OCC(=O)[C@@H]2F)nn1C(C)(C)C. The number of alkyl halides is 1. The van der Waals surface area contributed by atoms with Crippen LogP contribution in [0.5, 0.6) is 0 Å². The number of carboxylic acid groups (broad SMARTS) is 1. The predicted molar refractivity (Wildman–Crippen MR) is 92.6 cm³/mol. The van der Waals surface area contributed by atoms with Gasteiger partial charge in [-0.05, 0) is 41.5 Å². The number of amides is 2. The van der Waals surface area contributed by atoms with Crippen molar-refractivity contribution >= 4 is 23.8 Å². The number of nitrogens with zero attached hydrogens (tertiary/aromatic N) is 3. The summed E-state index contributed by atoms with van der Waals surface area (Å²) in [5.41, 5.74) is -1.66. The summed E-state index contributed by atoms with van der Waals surface area (Å²) in [7, 11) is 0. The van der Waals surface area contributed by atoms with Crippen LogP contribution in [-0.4, -0.2) is 51.2 Å². The molecule has 1 N–H and O–H groups in total. The molecule has 1 saturated heterocycles. The summed E-state index contributed by atoms with van der Waals surface area (Å²) in [6, 6.07) is 1.22. The van der Waals surface area contributed by atoms with Crippen molar-refractivity contribution in [1.29, 1.82) is 0 Å². The fourth-order valence-electron chi connectivity index (χ4n) is 2.50. The van der Waals surface area contributed by atoms with Crippen LogP contribution in [0.4, 0.5) is 19.8 Å². The van der Waals surface area contributed by atoms with Crippen LogP contribution < -0.4 is 4.90 Å². The molecule has 0 aromatic carbocycles. The lowest BCUT2D eigenvalue weighted by molar-refractivity contribution is -0.121. The van der Waals surface area contributed by atoms with Crippen molar-refractivity contribution in [3.05, 3.63) is 11.8 Å². The zero-order valence-electron chi connectivity index (χ0n) is 16.1. The lowest BCUT2D eigenvalue weighted by atomic mass is 10.1. The summed E-state index contributed by atoms with van der Waals surface area (Å²) in [5.74, 6) is -0.844. The molecule has 10 heteroatoms. The molecule has 0 aliphatic carbocycles. The Morgan fingerprint density at radius 1 is 1.33 bits per heavy atom. The summed E-state index contributed by atoms with van der Waals surface area (Å²) < 4.78 is 25.7.